The van der Waals surface area contributed by atoms with Gasteiger partial charge in [0.2, 0.25) is 11.8 Å². The van der Waals surface area contributed by atoms with Gasteiger partial charge in [0, 0.05) is 30.5 Å². The van der Waals surface area contributed by atoms with Gasteiger partial charge < -0.3 is 15.5 Å². The summed E-state index contributed by atoms with van der Waals surface area (Å²) in [5, 5.41) is 6.09. The van der Waals surface area contributed by atoms with E-state index in [4.69, 9.17) is 0 Å². The second-order valence-electron chi connectivity index (χ2n) is 11.9. The van der Waals surface area contributed by atoms with Gasteiger partial charge in [-0.15, -0.1) is 0 Å². The molecule has 190 valence electrons. The molecule has 4 amide bonds. The Balaban J connectivity index is 1.53. The first-order valence-electron chi connectivity index (χ1n) is 13.4. The molecule has 0 bridgehead atoms. The van der Waals surface area contributed by atoms with Gasteiger partial charge in [-0.1, -0.05) is 19.9 Å². The number of nitrogens with zero attached hydrogens (tertiary/aromatic N) is 2. The summed E-state index contributed by atoms with van der Waals surface area (Å²) in [7, 11) is 4.03. The van der Waals surface area contributed by atoms with E-state index in [1.807, 2.05) is 21.0 Å². The molecule has 0 saturated heterocycles. The van der Waals surface area contributed by atoms with Crippen LogP contribution < -0.4 is 10.6 Å². The second kappa shape index (κ2) is 9.63. The van der Waals surface area contributed by atoms with Crippen LogP contribution in [0.25, 0.3) is 0 Å². The topological polar surface area (TPSA) is 81.8 Å². The van der Waals surface area contributed by atoms with E-state index in [0.29, 0.717) is 30.8 Å². The number of amides is 4. The summed E-state index contributed by atoms with van der Waals surface area (Å²) in [6, 6.07) is -0.0255. The molecule has 4 rings (SSSR count). The number of imide groups is 1. The van der Waals surface area contributed by atoms with Crippen molar-refractivity contribution in [2.45, 2.75) is 71.8 Å². The zero-order valence-corrected chi connectivity index (χ0v) is 21.7. The van der Waals surface area contributed by atoms with Crippen LogP contribution in [-0.4, -0.2) is 67.4 Å². The van der Waals surface area contributed by atoms with Gasteiger partial charge >= 0.3 is 6.03 Å². The molecule has 3 aliphatic carbocycles. The standard InChI is InChI=1S/C27H44N4O3/c1-6-28-25(34)31(17-7-16-30(4)5)24(33)21-10-9-19-18-8-11-22-27(3,15-13-23(32)29-22)20(18)12-14-26(19,21)2/h13,15,18-22H,6-12,14,16-17H2,1-5H3,(H,28,34)(H,29,32)/t18-,19-,20-,21+,22+,26-,27+/m0/s1. The van der Waals surface area contributed by atoms with Crippen LogP contribution in [0.1, 0.15) is 65.7 Å². The fourth-order valence-corrected chi connectivity index (χ4v) is 8.03. The van der Waals surface area contributed by atoms with E-state index >= 15 is 0 Å². The van der Waals surface area contributed by atoms with E-state index in [2.05, 4.69) is 35.5 Å². The molecule has 7 nitrogen and oxygen atoms in total. The zero-order chi connectivity index (χ0) is 24.7. The first-order chi connectivity index (χ1) is 16.1. The highest BCUT2D eigenvalue weighted by atomic mass is 16.2. The Kier molecular flexibility index (Phi) is 7.14. The van der Waals surface area contributed by atoms with Gasteiger partial charge in [-0.2, -0.15) is 0 Å². The molecule has 2 N–H and O–H groups in total. The summed E-state index contributed by atoms with van der Waals surface area (Å²) in [6.45, 7) is 8.39. The summed E-state index contributed by atoms with van der Waals surface area (Å²) < 4.78 is 0. The van der Waals surface area contributed by atoms with E-state index in [1.165, 1.54) is 4.90 Å². The fraction of sp³-hybridized carbons (Fsp3) is 0.815. The Morgan fingerprint density at radius 1 is 1.09 bits per heavy atom. The minimum atomic E-state index is -0.247. The summed E-state index contributed by atoms with van der Waals surface area (Å²) in [4.78, 5) is 42.3. The molecule has 0 aromatic carbocycles. The molecule has 0 unspecified atom stereocenters. The molecule has 4 aliphatic rings. The third-order valence-electron chi connectivity index (χ3n) is 9.81. The van der Waals surface area contributed by atoms with Crippen LogP contribution in [0.4, 0.5) is 4.79 Å². The summed E-state index contributed by atoms with van der Waals surface area (Å²) in [5.74, 6) is 1.58. The number of rotatable bonds is 6. The first kappa shape index (κ1) is 25.2. The van der Waals surface area contributed by atoms with Crippen molar-refractivity contribution < 1.29 is 14.4 Å². The minimum Gasteiger partial charge on any atom is -0.349 e. The number of hydrogen-bond acceptors (Lipinski definition) is 4. The predicted molar refractivity (Wildman–Crippen MR) is 133 cm³/mol. The number of fused-ring (bicyclic) bond motifs is 5. The van der Waals surface area contributed by atoms with Gasteiger partial charge in [-0.05, 0) is 102 Å². The highest BCUT2D eigenvalue weighted by Crippen LogP contribution is 2.65. The molecule has 1 heterocycles. The van der Waals surface area contributed by atoms with Crippen molar-refractivity contribution in [3.8, 4) is 0 Å². The van der Waals surface area contributed by atoms with E-state index in [0.717, 1.165) is 51.5 Å². The SMILES string of the molecule is CCNC(=O)N(CCCN(C)C)C(=O)[C@H]1CC[C@H]2[C@@H]3CC[C@H]4NC(=O)C=C[C@]4(C)[C@H]3CC[C@]12C. The third kappa shape index (κ3) is 4.29. The molecule has 3 saturated carbocycles. The van der Waals surface area contributed by atoms with Crippen LogP contribution in [0.15, 0.2) is 12.2 Å². The average Bonchev–Trinajstić information content (AvgIpc) is 3.14. The first-order valence-corrected chi connectivity index (χ1v) is 13.4. The van der Waals surface area contributed by atoms with Crippen molar-refractivity contribution in [2.24, 2.45) is 34.5 Å². The molecule has 3 fully saturated rings. The lowest BCUT2D eigenvalue weighted by Crippen LogP contribution is -2.59. The third-order valence-corrected chi connectivity index (χ3v) is 9.81. The number of carbonyl (C=O) groups is 3. The lowest BCUT2D eigenvalue weighted by Gasteiger charge is -2.58. The van der Waals surface area contributed by atoms with Crippen molar-refractivity contribution in [3.63, 3.8) is 0 Å². The molecule has 0 aromatic rings. The quantitative estimate of drug-likeness (QED) is 0.621. The van der Waals surface area contributed by atoms with Crippen molar-refractivity contribution in [1.82, 2.24) is 20.4 Å². The van der Waals surface area contributed by atoms with E-state index in [9.17, 15) is 14.4 Å². The normalized spacial score (nSPS) is 38.5. The van der Waals surface area contributed by atoms with Crippen LogP contribution >= 0.6 is 0 Å². The fourth-order valence-electron chi connectivity index (χ4n) is 8.03. The molecule has 34 heavy (non-hydrogen) atoms. The zero-order valence-electron chi connectivity index (χ0n) is 21.7. The van der Waals surface area contributed by atoms with Gasteiger partial charge in [0.25, 0.3) is 0 Å². The molecule has 0 aromatic heterocycles. The molecule has 0 spiro atoms. The van der Waals surface area contributed by atoms with Gasteiger partial charge in [-0.3, -0.25) is 14.5 Å². The lowest BCUT2D eigenvalue weighted by molar-refractivity contribution is -0.141. The summed E-state index contributed by atoms with van der Waals surface area (Å²) in [6.07, 6.45) is 10.8. The molecule has 0 radical (unpaired) electrons. The largest absolute Gasteiger partial charge is 0.349 e. The Morgan fingerprint density at radius 2 is 1.85 bits per heavy atom. The predicted octanol–water partition coefficient (Wildman–Crippen LogP) is 3.41. The smallest absolute Gasteiger partial charge is 0.324 e. The monoisotopic (exact) mass is 472 g/mol. The second-order valence-corrected chi connectivity index (χ2v) is 11.9. The van der Waals surface area contributed by atoms with Crippen LogP contribution in [-0.2, 0) is 9.59 Å². The van der Waals surface area contributed by atoms with Gasteiger partial charge in [0.05, 0.1) is 0 Å². The van der Waals surface area contributed by atoms with E-state index in [1.54, 1.807) is 6.08 Å². The van der Waals surface area contributed by atoms with Crippen molar-refractivity contribution >= 4 is 17.8 Å². The van der Waals surface area contributed by atoms with Crippen molar-refractivity contribution in [1.29, 1.82) is 0 Å². The Bertz CT molecular complexity index is 842. The summed E-state index contributed by atoms with van der Waals surface area (Å²) in [5.41, 5.74) is -0.0607. The number of urea groups is 1. The molecule has 7 heteroatoms. The maximum Gasteiger partial charge on any atom is 0.324 e. The average molecular weight is 473 g/mol. The molecule has 1 aliphatic heterocycles. The maximum absolute atomic E-state index is 13.9. The Labute approximate surface area is 205 Å². The van der Waals surface area contributed by atoms with E-state index in [-0.39, 0.29) is 40.6 Å². The van der Waals surface area contributed by atoms with Crippen LogP contribution in [0.5, 0.6) is 0 Å². The van der Waals surface area contributed by atoms with Gasteiger partial charge in [0.1, 0.15) is 0 Å². The van der Waals surface area contributed by atoms with E-state index < -0.39 is 0 Å². The summed E-state index contributed by atoms with van der Waals surface area (Å²) >= 11 is 0. The number of carbonyl (C=O) groups excluding carboxylic acids is 3. The molecule has 7 atom stereocenters. The Hall–Kier alpha value is -1.89. The van der Waals surface area contributed by atoms with Crippen molar-refractivity contribution in [2.75, 3.05) is 33.7 Å². The number of nitrogens with one attached hydrogen (secondary N) is 2. The highest BCUT2D eigenvalue weighted by molar-refractivity contribution is 5.96. The van der Waals surface area contributed by atoms with Gasteiger partial charge in [0.15, 0.2) is 0 Å². The van der Waals surface area contributed by atoms with Crippen LogP contribution in [0.3, 0.4) is 0 Å². The molecular formula is C27H44N4O3. The minimum absolute atomic E-state index is 0.000517. The van der Waals surface area contributed by atoms with Crippen molar-refractivity contribution in [3.05, 3.63) is 12.2 Å². The maximum atomic E-state index is 13.9. The number of hydrogen-bond donors (Lipinski definition) is 2. The highest BCUT2D eigenvalue weighted by Gasteiger charge is 2.61. The van der Waals surface area contributed by atoms with Crippen LogP contribution in [0, 0.1) is 34.5 Å². The Morgan fingerprint density at radius 3 is 2.56 bits per heavy atom. The van der Waals surface area contributed by atoms with Crippen LogP contribution in [0.2, 0.25) is 0 Å². The lowest BCUT2D eigenvalue weighted by atomic mass is 9.48. The molecular weight excluding hydrogens is 428 g/mol. The van der Waals surface area contributed by atoms with Gasteiger partial charge in [-0.25, -0.2) is 4.79 Å².